The number of para-hydroxylation sites is 1. The fraction of sp³-hybridized carbons (Fsp3) is 0.0800. The standard InChI is InChI=1S/C25H19FN8O2S/c1-37(35,36)29-12-14-9-15(11-16(26)10-14)17-3-2-4-19-22(17)32-25(31-19)24-23-20(33-34-24)6-5-18(30-23)21-13-27-7-8-28-21/h2-11,13,29H,12H2,1H3,(H,31,32)(H,33,34). The van der Waals surface area contributed by atoms with Crippen molar-refractivity contribution in [2.75, 3.05) is 6.26 Å². The number of nitrogens with zero attached hydrogens (tertiary/aromatic N) is 5. The lowest BCUT2D eigenvalue weighted by atomic mass is 10.0. The average molecular weight is 515 g/mol. The number of hydrogen-bond donors (Lipinski definition) is 3. The Balaban J connectivity index is 1.44. The molecule has 4 heterocycles. The highest BCUT2D eigenvalue weighted by Gasteiger charge is 2.17. The summed E-state index contributed by atoms with van der Waals surface area (Å²) in [5.74, 6) is 0.0162. The lowest BCUT2D eigenvalue weighted by molar-refractivity contribution is 0.586. The van der Waals surface area contributed by atoms with Crippen molar-refractivity contribution in [2.24, 2.45) is 0 Å². The summed E-state index contributed by atoms with van der Waals surface area (Å²) in [7, 11) is -3.42. The van der Waals surface area contributed by atoms with Crippen molar-refractivity contribution in [1.82, 2.24) is 39.8 Å². The lowest BCUT2D eigenvalue weighted by Crippen LogP contribution is -2.21. The van der Waals surface area contributed by atoms with Gasteiger partial charge in [-0.15, -0.1) is 0 Å². The van der Waals surface area contributed by atoms with Gasteiger partial charge in [-0.25, -0.2) is 27.5 Å². The molecule has 4 aromatic heterocycles. The van der Waals surface area contributed by atoms with Crippen LogP contribution in [-0.2, 0) is 16.6 Å². The second-order valence-electron chi connectivity index (χ2n) is 8.48. The smallest absolute Gasteiger partial charge is 0.209 e. The van der Waals surface area contributed by atoms with Gasteiger partial charge in [0, 0.05) is 24.5 Å². The minimum Gasteiger partial charge on any atom is -0.336 e. The molecular weight excluding hydrogens is 495 g/mol. The van der Waals surface area contributed by atoms with Crippen LogP contribution in [0.4, 0.5) is 4.39 Å². The molecule has 0 radical (unpaired) electrons. The number of imidazole rings is 1. The van der Waals surface area contributed by atoms with E-state index in [1.807, 2.05) is 30.3 Å². The lowest BCUT2D eigenvalue weighted by Gasteiger charge is -2.08. The van der Waals surface area contributed by atoms with Crippen molar-refractivity contribution in [3.63, 3.8) is 0 Å². The van der Waals surface area contributed by atoms with Crippen LogP contribution >= 0.6 is 0 Å². The molecule has 184 valence electrons. The Morgan fingerprint density at radius 2 is 1.86 bits per heavy atom. The number of hydrogen-bond acceptors (Lipinski definition) is 7. The van der Waals surface area contributed by atoms with Crippen molar-refractivity contribution >= 4 is 32.1 Å². The molecule has 2 aromatic carbocycles. The topological polar surface area (TPSA) is 142 Å². The van der Waals surface area contributed by atoms with Gasteiger partial charge in [0.15, 0.2) is 11.5 Å². The van der Waals surface area contributed by atoms with Crippen LogP contribution in [0, 0.1) is 5.82 Å². The molecule has 0 fully saturated rings. The summed E-state index contributed by atoms with van der Waals surface area (Å²) in [6.45, 7) is -0.0234. The number of fused-ring (bicyclic) bond motifs is 2. The molecule has 3 N–H and O–H groups in total. The van der Waals surface area contributed by atoms with Crippen molar-refractivity contribution in [3.05, 3.63) is 78.5 Å². The van der Waals surface area contributed by atoms with Crippen LogP contribution in [0.15, 0.2) is 67.1 Å². The Morgan fingerprint density at radius 3 is 2.68 bits per heavy atom. The molecule has 0 aliphatic heterocycles. The quantitative estimate of drug-likeness (QED) is 0.307. The van der Waals surface area contributed by atoms with Gasteiger partial charge < -0.3 is 4.98 Å². The minimum absolute atomic E-state index is 0.0234. The van der Waals surface area contributed by atoms with Crippen LogP contribution in [0.25, 0.3) is 56.1 Å². The van der Waals surface area contributed by atoms with E-state index in [1.54, 1.807) is 24.7 Å². The maximum absolute atomic E-state index is 14.5. The van der Waals surface area contributed by atoms with Gasteiger partial charge in [-0.1, -0.05) is 12.1 Å². The van der Waals surface area contributed by atoms with Gasteiger partial charge in [0.1, 0.15) is 17.0 Å². The SMILES string of the molecule is CS(=O)(=O)NCc1cc(F)cc(-c2cccc3[nH]c(-c4n[nH]c5ccc(-c6cnccn6)nc45)nc23)c1. The molecule has 0 bridgehead atoms. The zero-order chi connectivity index (χ0) is 25.6. The number of benzene rings is 2. The van der Waals surface area contributed by atoms with Crippen LogP contribution in [0.2, 0.25) is 0 Å². The van der Waals surface area contributed by atoms with E-state index >= 15 is 0 Å². The van der Waals surface area contributed by atoms with Crippen molar-refractivity contribution in [1.29, 1.82) is 0 Å². The average Bonchev–Trinajstić information content (AvgIpc) is 3.51. The van der Waals surface area contributed by atoms with Gasteiger partial charge in [0.25, 0.3) is 0 Å². The molecule has 6 rings (SSSR count). The molecule has 0 aliphatic carbocycles. The van der Waals surface area contributed by atoms with Gasteiger partial charge in [-0.05, 0) is 47.5 Å². The van der Waals surface area contributed by atoms with E-state index in [0.29, 0.717) is 50.6 Å². The molecular formula is C25H19FN8O2S. The highest BCUT2D eigenvalue weighted by molar-refractivity contribution is 7.88. The van der Waals surface area contributed by atoms with Crippen LogP contribution in [0.3, 0.4) is 0 Å². The molecule has 0 amide bonds. The molecule has 0 aliphatic rings. The highest BCUT2D eigenvalue weighted by atomic mass is 32.2. The minimum atomic E-state index is -3.42. The summed E-state index contributed by atoms with van der Waals surface area (Å²) in [6.07, 6.45) is 5.90. The molecule has 0 saturated carbocycles. The second-order valence-corrected chi connectivity index (χ2v) is 10.3. The number of halogens is 1. The third kappa shape index (κ3) is 4.55. The van der Waals surface area contributed by atoms with Crippen molar-refractivity contribution < 1.29 is 12.8 Å². The summed E-state index contributed by atoms with van der Waals surface area (Å²) >= 11 is 0. The van der Waals surface area contributed by atoms with E-state index in [1.165, 1.54) is 12.1 Å². The van der Waals surface area contributed by atoms with Gasteiger partial charge in [0.05, 0.1) is 34.7 Å². The van der Waals surface area contributed by atoms with E-state index in [-0.39, 0.29) is 6.54 Å². The first-order valence-corrected chi connectivity index (χ1v) is 13.1. The van der Waals surface area contributed by atoms with Crippen LogP contribution < -0.4 is 4.72 Å². The van der Waals surface area contributed by atoms with E-state index in [4.69, 9.17) is 9.97 Å². The van der Waals surface area contributed by atoms with Crippen LogP contribution in [-0.4, -0.2) is 49.8 Å². The van der Waals surface area contributed by atoms with Gasteiger partial charge in [0.2, 0.25) is 10.0 Å². The molecule has 0 unspecified atom stereocenters. The van der Waals surface area contributed by atoms with E-state index in [9.17, 15) is 12.8 Å². The Hall–Kier alpha value is -4.55. The summed E-state index contributed by atoms with van der Waals surface area (Å²) in [5.41, 5.74) is 6.26. The van der Waals surface area contributed by atoms with Crippen LogP contribution in [0.1, 0.15) is 5.56 Å². The first kappa shape index (κ1) is 22.9. The summed E-state index contributed by atoms with van der Waals surface area (Å²) in [5, 5.41) is 7.41. The maximum Gasteiger partial charge on any atom is 0.209 e. The second kappa shape index (κ2) is 8.84. The molecule has 6 aromatic rings. The number of aromatic nitrogens is 7. The molecule has 0 saturated heterocycles. The third-order valence-corrected chi connectivity index (χ3v) is 6.45. The number of pyridine rings is 1. The molecule has 0 atom stereocenters. The first-order valence-electron chi connectivity index (χ1n) is 11.2. The predicted octanol–water partition coefficient (Wildman–Crippen LogP) is 3.81. The Morgan fingerprint density at radius 1 is 0.973 bits per heavy atom. The normalized spacial score (nSPS) is 11.9. The first-order chi connectivity index (χ1) is 17.8. The van der Waals surface area contributed by atoms with E-state index in [0.717, 1.165) is 17.3 Å². The third-order valence-electron chi connectivity index (χ3n) is 5.78. The molecule has 10 nitrogen and oxygen atoms in total. The molecule has 37 heavy (non-hydrogen) atoms. The predicted molar refractivity (Wildman–Crippen MR) is 137 cm³/mol. The Bertz CT molecular complexity index is 1880. The number of H-pyrrole nitrogens is 2. The number of sulfonamides is 1. The highest BCUT2D eigenvalue weighted by Crippen LogP contribution is 2.32. The largest absolute Gasteiger partial charge is 0.336 e. The molecule has 12 heteroatoms. The zero-order valence-electron chi connectivity index (χ0n) is 19.4. The molecule has 0 spiro atoms. The summed E-state index contributed by atoms with van der Waals surface area (Å²) in [6, 6.07) is 13.7. The van der Waals surface area contributed by atoms with Crippen LogP contribution in [0.5, 0.6) is 0 Å². The number of rotatable bonds is 6. The number of aromatic amines is 2. The maximum atomic E-state index is 14.5. The Labute approximate surface area is 210 Å². The number of nitrogens with one attached hydrogen (secondary N) is 3. The van der Waals surface area contributed by atoms with Gasteiger partial charge in [-0.3, -0.25) is 15.1 Å². The monoisotopic (exact) mass is 514 g/mol. The summed E-state index contributed by atoms with van der Waals surface area (Å²) < 4.78 is 39.9. The fourth-order valence-corrected chi connectivity index (χ4v) is 4.57. The Kier molecular flexibility index (Phi) is 5.46. The van der Waals surface area contributed by atoms with Gasteiger partial charge >= 0.3 is 0 Å². The summed E-state index contributed by atoms with van der Waals surface area (Å²) in [4.78, 5) is 21.2. The van der Waals surface area contributed by atoms with E-state index in [2.05, 4.69) is 29.9 Å². The zero-order valence-corrected chi connectivity index (χ0v) is 20.2. The van der Waals surface area contributed by atoms with E-state index < -0.39 is 15.8 Å². The fourth-order valence-electron chi connectivity index (χ4n) is 4.14. The van der Waals surface area contributed by atoms with Crippen molar-refractivity contribution in [2.45, 2.75) is 6.54 Å². The van der Waals surface area contributed by atoms with Gasteiger partial charge in [-0.2, -0.15) is 5.10 Å². The van der Waals surface area contributed by atoms with Crippen molar-refractivity contribution in [3.8, 4) is 34.0 Å².